The zero-order valence-electron chi connectivity index (χ0n) is 8.53. The van der Waals surface area contributed by atoms with E-state index in [-0.39, 0.29) is 6.04 Å². The van der Waals surface area contributed by atoms with E-state index in [0.717, 1.165) is 19.6 Å². The second-order valence-corrected chi connectivity index (χ2v) is 4.97. The Morgan fingerprint density at radius 3 is 3.07 bits per heavy atom. The van der Waals surface area contributed by atoms with Gasteiger partial charge in [0.2, 0.25) is 0 Å². The normalized spacial score (nSPS) is 24.9. The van der Waals surface area contributed by atoms with Crippen LogP contribution in [0.15, 0.2) is 11.4 Å². The van der Waals surface area contributed by atoms with Gasteiger partial charge >= 0.3 is 0 Å². The Labute approximate surface area is 89.1 Å². The standard InChI is InChI=1S/C11H17NOS/c1-8-5-10(14-7-8)11(12)9-3-2-4-13-6-9/h5,7,9,11H,2-4,6,12H2,1H3. The van der Waals surface area contributed by atoms with Crippen LogP contribution in [0.2, 0.25) is 0 Å². The zero-order valence-corrected chi connectivity index (χ0v) is 9.35. The molecule has 1 aliphatic heterocycles. The Morgan fingerprint density at radius 1 is 1.64 bits per heavy atom. The first kappa shape index (κ1) is 10.1. The summed E-state index contributed by atoms with van der Waals surface area (Å²) in [5.74, 6) is 0.516. The fourth-order valence-electron chi connectivity index (χ4n) is 1.91. The molecule has 1 aromatic heterocycles. The maximum Gasteiger partial charge on any atom is 0.0512 e. The molecular formula is C11H17NOS. The molecule has 0 amide bonds. The fourth-order valence-corrected chi connectivity index (χ4v) is 2.90. The molecule has 0 aromatic carbocycles. The van der Waals surface area contributed by atoms with Gasteiger partial charge in [0.15, 0.2) is 0 Å². The third kappa shape index (κ3) is 2.16. The Hall–Kier alpha value is -0.380. The Bertz CT molecular complexity index is 291. The van der Waals surface area contributed by atoms with E-state index < -0.39 is 0 Å². The zero-order chi connectivity index (χ0) is 9.97. The van der Waals surface area contributed by atoms with Gasteiger partial charge in [-0.1, -0.05) is 0 Å². The molecule has 0 saturated carbocycles. The molecule has 14 heavy (non-hydrogen) atoms. The first-order chi connectivity index (χ1) is 6.77. The molecule has 1 fully saturated rings. The molecule has 78 valence electrons. The maximum absolute atomic E-state index is 6.21. The minimum Gasteiger partial charge on any atom is -0.381 e. The monoisotopic (exact) mass is 211 g/mol. The van der Waals surface area contributed by atoms with Crippen LogP contribution in [0.5, 0.6) is 0 Å². The van der Waals surface area contributed by atoms with Crippen molar-refractivity contribution in [2.24, 2.45) is 11.7 Å². The van der Waals surface area contributed by atoms with E-state index in [4.69, 9.17) is 10.5 Å². The number of thiophene rings is 1. The predicted octanol–water partition coefficient (Wildman–Crippen LogP) is 2.48. The summed E-state index contributed by atoms with van der Waals surface area (Å²) in [7, 11) is 0. The second kappa shape index (κ2) is 4.43. The molecule has 2 N–H and O–H groups in total. The van der Waals surface area contributed by atoms with Gasteiger partial charge in [-0.2, -0.15) is 0 Å². The lowest BCUT2D eigenvalue weighted by molar-refractivity contribution is 0.0452. The Balaban J connectivity index is 2.03. The molecule has 2 nitrogen and oxygen atoms in total. The van der Waals surface area contributed by atoms with Gasteiger partial charge < -0.3 is 10.5 Å². The van der Waals surface area contributed by atoms with E-state index in [1.807, 2.05) is 0 Å². The first-order valence-corrected chi connectivity index (χ1v) is 6.03. The van der Waals surface area contributed by atoms with Crippen molar-refractivity contribution in [1.82, 2.24) is 0 Å². The smallest absolute Gasteiger partial charge is 0.0512 e. The highest BCUT2D eigenvalue weighted by Crippen LogP contribution is 2.30. The third-order valence-electron chi connectivity index (χ3n) is 2.78. The summed E-state index contributed by atoms with van der Waals surface area (Å²) in [4.78, 5) is 1.30. The van der Waals surface area contributed by atoms with Crippen molar-refractivity contribution in [3.8, 4) is 0 Å². The van der Waals surface area contributed by atoms with Crippen LogP contribution in [0.4, 0.5) is 0 Å². The van der Waals surface area contributed by atoms with Crippen LogP contribution in [-0.4, -0.2) is 13.2 Å². The minimum atomic E-state index is 0.175. The fraction of sp³-hybridized carbons (Fsp3) is 0.636. The second-order valence-electron chi connectivity index (χ2n) is 4.03. The van der Waals surface area contributed by atoms with E-state index in [2.05, 4.69) is 18.4 Å². The van der Waals surface area contributed by atoms with Crippen molar-refractivity contribution in [2.45, 2.75) is 25.8 Å². The minimum absolute atomic E-state index is 0.175. The lowest BCUT2D eigenvalue weighted by Gasteiger charge is -2.26. The molecule has 2 unspecified atom stereocenters. The summed E-state index contributed by atoms with van der Waals surface area (Å²) in [6.45, 7) is 3.86. The van der Waals surface area contributed by atoms with Gasteiger partial charge in [-0.25, -0.2) is 0 Å². The van der Waals surface area contributed by atoms with Gasteiger partial charge in [0.25, 0.3) is 0 Å². The van der Waals surface area contributed by atoms with Crippen LogP contribution in [0.3, 0.4) is 0 Å². The van der Waals surface area contributed by atoms with E-state index in [0.29, 0.717) is 5.92 Å². The topological polar surface area (TPSA) is 35.2 Å². The lowest BCUT2D eigenvalue weighted by atomic mass is 9.93. The van der Waals surface area contributed by atoms with Crippen molar-refractivity contribution < 1.29 is 4.74 Å². The largest absolute Gasteiger partial charge is 0.381 e. The van der Waals surface area contributed by atoms with Gasteiger partial charge in [-0.3, -0.25) is 0 Å². The number of nitrogens with two attached hydrogens (primary N) is 1. The van der Waals surface area contributed by atoms with Crippen molar-refractivity contribution >= 4 is 11.3 Å². The Kier molecular flexibility index (Phi) is 3.21. The maximum atomic E-state index is 6.21. The Morgan fingerprint density at radius 2 is 2.50 bits per heavy atom. The molecule has 0 spiro atoms. The molecule has 0 aliphatic carbocycles. The van der Waals surface area contributed by atoms with Gasteiger partial charge in [-0.05, 0) is 36.8 Å². The number of ether oxygens (including phenoxy) is 1. The van der Waals surface area contributed by atoms with Gasteiger partial charge in [0.1, 0.15) is 0 Å². The van der Waals surface area contributed by atoms with Crippen LogP contribution in [-0.2, 0) is 4.74 Å². The number of hydrogen-bond donors (Lipinski definition) is 1. The van der Waals surface area contributed by atoms with Crippen LogP contribution >= 0.6 is 11.3 Å². The van der Waals surface area contributed by atoms with Crippen LogP contribution in [0.25, 0.3) is 0 Å². The highest BCUT2D eigenvalue weighted by molar-refractivity contribution is 7.10. The van der Waals surface area contributed by atoms with Crippen LogP contribution in [0.1, 0.15) is 29.3 Å². The molecule has 1 saturated heterocycles. The third-order valence-corrected chi connectivity index (χ3v) is 3.93. The number of rotatable bonds is 2. The van der Waals surface area contributed by atoms with E-state index in [1.54, 1.807) is 11.3 Å². The molecule has 0 bridgehead atoms. The summed E-state index contributed by atoms with van der Waals surface area (Å²) in [5, 5.41) is 2.17. The van der Waals surface area contributed by atoms with E-state index >= 15 is 0 Å². The lowest BCUT2D eigenvalue weighted by Crippen LogP contribution is -2.28. The van der Waals surface area contributed by atoms with Crippen LogP contribution < -0.4 is 5.73 Å². The summed E-state index contributed by atoms with van der Waals surface area (Å²) < 4.78 is 5.46. The highest BCUT2D eigenvalue weighted by atomic mass is 32.1. The molecule has 1 aliphatic rings. The van der Waals surface area contributed by atoms with Crippen LogP contribution in [0, 0.1) is 12.8 Å². The molecule has 3 heteroatoms. The molecular weight excluding hydrogens is 194 g/mol. The molecule has 2 atom stereocenters. The van der Waals surface area contributed by atoms with Crippen molar-refractivity contribution in [1.29, 1.82) is 0 Å². The SMILES string of the molecule is Cc1csc(C(N)C2CCCOC2)c1. The van der Waals surface area contributed by atoms with Gasteiger partial charge in [0.05, 0.1) is 6.61 Å². The molecule has 1 aromatic rings. The number of hydrogen-bond acceptors (Lipinski definition) is 3. The average Bonchev–Trinajstić information content (AvgIpc) is 2.65. The molecule has 2 heterocycles. The molecule has 2 rings (SSSR count). The average molecular weight is 211 g/mol. The summed E-state index contributed by atoms with van der Waals surface area (Å²) in [6.07, 6.45) is 2.36. The van der Waals surface area contributed by atoms with E-state index in [9.17, 15) is 0 Å². The van der Waals surface area contributed by atoms with Gasteiger partial charge in [-0.15, -0.1) is 11.3 Å². The van der Waals surface area contributed by atoms with Crippen molar-refractivity contribution in [3.05, 3.63) is 21.9 Å². The van der Waals surface area contributed by atoms with Gasteiger partial charge in [0, 0.05) is 23.4 Å². The summed E-state index contributed by atoms with van der Waals surface area (Å²) in [5.41, 5.74) is 7.53. The quantitative estimate of drug-likeness (QED) is 0.815. The molecule has 0 radical (unpaired) electrons. The first-order valence-electron chi connectivity index (χ1n) is 5.16. The highest BCUT2D eigenvalue weighted by Gasteiger charge is 2.23. The van der Waals surface area contributed by atoms with E-state index in [1.165, 1.54) is 16.9 Å². The van der Waals surface area contributed by atoms with Crippen molar-refractivity contribution in [2.75, 3.05) is 13.2 Å². The summed E-state index contributed by atoms with van der Waals surface area (Å²) >= 11 is 1.77. The summed E-state index contributed by atoms with van der Waals surface area (Å²) in [6, 6.07) is 2.37. The predicted molar refractivity (Wildman–Crippen MR) is 59.5 cm³/mol. The number of aryl methyl sites for hydroxylation is 1. The van der Waals surface area contributed by atoms with Crippen molar-refractivity contribution in [3.63, 3.8) is 0 Å².